The van der Waals surface area contributed by atoms with Gasteiger partial charge < -0.3 is 16.4 Å². The van der Waals surface area contributed by atoms with Gasteiger partial charge in [0.25, 0.3) is 0 Å². The number of hydrogen-bond acceptors (Lipinski definition) is 3. The van der Waals surface area contributed by atoms with Gasteiger partial charge >= 0.3 is 0 Å². The third-order valence-corrected chi connectivity index (χ3v) is 6.22. The Labute approximate surface area is 195 Å². The Morgan fingerprint density at radius 3 is 2.16 bits per heavy atom. The minimum absolute atomic E-state index is 0.177. The van der Waals surface area contributed by atoms with Crippen LogP contribution in [0.1, 0.15) is 90.7 Å². The molecule has 5 nitrogen and oxygen atoms in total. The normalized spacial score (nSPS) is 17.1. The fourth-order valence-corrected chi connectivity index (χ4v) is 4.48. The van der Waals surface area contributed by atoms with Crippen molar-refractivity contribution in [1.29, 1.82) is 0 Å². The number of aryl methyl sites for hydroxylation is 1. The van der Waals surface area contributed by atoms with E-state index in [1.165, 1.54) is 44.1 Å². The molecule has 0 saturated heterocycles. The Morgan fingerprint density at radius 2 is 1.59 bits per heavy atom. The number of carbonyl (C=O) groups is 2. The van der Waals surface area contributed by atoms with Crippen LogP contribution in [0.5, 0.6) is 0 Å². The Bertz CT molecular complexity index is 715. The molecule has 0 radical (unpaired) electrons. The predicted octanol–water partition coefficient (Wildman–Crippen LogP) is 4.51. The van der Waals surface area contributed by atoms with E-state index >= 15 is 0 Å². The summed E-state index contributed by atoms with van der Waals surface area (Å²) < 4.78 is 0. The number of amides is 2. The molecule has 1 aliphatic carbocycles. The van der Waals surface area contributed by atoms with Crippen molar-refractivity contribution in [2.24, 2.45) is 17.6 Å². The van der Waals surface area contributed by atoms with Crippen LogP contribution in [0.2, 0.25) is 0 Å². The molecule has 1 saturated carbocycles. The molecular weight excluding hydrogens is 398 g/mol. The zero-order valence-corrected chi connectivity index (χ0v) is 20.9. The molecule has 0 aliphatic heterocycles. The minimum atomic E-state index is -0.645. The molecule has 4 N–H and O–H groups in total. The van der Waals surface area contributed by atoms with Crippen molar-refractivity contribution in [1.82, 2.24) is 10.6 Å². The molecule has 1 aliphatic rings. The molecule has 2 unspecified atom stereocenters. The van der Waals surface area contributed by atoms with Crippen LogP contribution in [-0.2, 0) is 22.4 Å². The molecule has 0 heterocycles. The van der Waals surface area contributed by atoms with E-state index in [4.69, 9.17) is 5.73 Å². The van der Waals surface area contributed by atoms with E-state index in [1.807, 2.05) is 34.6 Å². The second-order valence-electron chi connectivity index (χ2n) is 11.1. The minimum Gasteiger partial charge on any atom is -0.350 e. The lowest BCUT2D eigenvalue weighted by Crippen LogP contribution is -2.55. The standard InChI is InChI=1S/C27H45N3O2/c1-19(2)17-23(28)25(31)29-24(26(32)30-27(3,4)5)18-22-15-13-21(14-16-22)12-11-20-9-7-6-8-10-20/h13-16,19-20,23-24H,6-12,17-18,28H2,1-5H3,(H,29,31)(H,30,32). The van der Waals surface area contributed by atoms with Gasteiger partial charge in [-0.05, 0) is 63.0 Å². The van der Waals surface area contributed by atoms with E-state index in [9.17, 15) is 9.59 Å². The highest BCUT2D eigenvalue weighted by atomic mass is 16.2. The molecule has 1 aromatic rings. The lowest BCUT2D eigenvalue weighted by Gasteiger charge is -2.26. The van der Waals surface area contributed by atoms with Crippen LogP contribution in [0.3, 0.4) is 0 Å². The van der Waals surface area contributed by atoms with Crippen LogP contribution < -0.4 is 16.4 Å². The van der Waals surface area contributed by atoms with Gasteiger partial charge in [-0.1, -0.05) is 70.2 Å². The quantitative estimate of drug-likeness (QED) is 0.497. The van der Waals surface area contributed by atoms with Gasteiger partial charge in [0.15, 0.2) is 0 Å². The molecule has 180 valence electrons. The van der Waals surface area contributed by atoms with Gasteiger partial charge in [0.1, 0.15) is 6.04 Å². The first-order valence-electron chi connectivity index (χ1n) is 12.5. The average Bonchev–Trinajstić information content (AvgIpc) is 2.71. The molecular formula is C27H45N3O2. The molecule has 0 aromatic heterocycles. The van der Waals surface area contributed by atoms with Crippen LogP contribution in [-0.4, -0.2) is 29.4 Å². The van der Waals surface area contributed by atoms with Gasteiger partial charge in [-0.2, -0.15) is 0 Å². The predicted molar refractivity (Wildman–Crippen MR) is 132 cm³/mol. The van der Waals surface area contributed by atoms with Crippen LogP contribution in [0.4, 0.5) is 0 Å². The zero-order chi connectivity index (χ0) is 23.7. The van der Waals surface area contributed by atoms with Gasteiger partial charge in [0.2, 0.25) is 11.8 Å². The second kappa shape index (κ2) is 12.4. The van der Waals surface area contributed by atoms with Crippen LogP contribution in [0, 0.1) is 11.8 Å². The van der Waals surface area contributed by atoms with E-state index < -0.39 is 12.1 Å². The van der Waals surface area contributed by atoms with Gasteiger partial charge in [-0.15, -0.1) is 0 Å². The van der Waals surface area contributed by atoms with E-state index in [-0.39, 0.29) is 17.4 Å². The van der Waals surface area contributed by atoms with Crippen molar-refractivity contribution in [3.05, 3.63) is 35.4 Å². The zero-order valence-electron chi connectivity index (χ0n) is 20.9. The summed E-state index contributed by atoms with van der Waals surface area (Å²) in [7, 11) is 0. The fourth-order valence-electron chi connectivity index (χ4n) is 4.48. The van der Waals surface area contributed by atoms with Crippen molar-refractivity contribution >= 4 is 11.8 Å². The van der Waals surface area contributed by atoms with Crippen molar-refractivity contribution in [2.45, 2.75) is 110 Å². The number of benzene rings is 1. The number of nitrogens with two attached hydrogens (primary N) is 1. The summed E-state index contributed by atoms with van der Waals surface area (Å²) in [5.74, 6) is 0.749. The van der Waals surface area contributed by atoms with Crippen molar-refractivity contribution in [3.8, 4) is 0 Å². The van der Waals surface area contributed by atoms with Crippen molar-refractivity contribution in [2.75, 3.05) is 0 Å². The summed E-state index contributed by atoms with van der Waals surface area (Å²) in [6.07, 6.45) is 10.3. The second-order valence-corrected chi connectivity index (χ2v) is 11.1. The molecule has 0 spiro atoms. The van der Waals surface area contributed by atoms with Gasteiger partial charge in [-0.3, -0.25) is 9.59 Å². The average molecular weight is 444 g/mol. The number of hydrogen-bond donors (Lipinski definition) is 3. The van der Waals surface area contributed by atoms with Gasteiger partial charge in [0, 0.05) is 12.0 Å². The SMILES string of the molecule is CC(C)CC(N)C(=O)NC(Cc1ccc(CCC2CCCCC2)cc1)C(=O)NC(C)(C)C. The molecule has 1 fully saturated rings. The summed E-state index contributed by atoms with van der Waals surface area (Å²) >= 11 is 0. The molecule has 2 rings (SSSR count). The first-order valence-corrected chi connectivity index (χ1v) is 12.5. The van der Waals surface area contributed by atoms with E-state index in [0.29, 0.717) is 18.8 Å². The van der Waals surface area contributed by atoms with E-state index in [2.05, 4.69) is 34.9 Å². The Morgan fingerprint density at radius 1 is 1.00 bits per heavy atom. The summed E-state index contributed by atoms with van der Waals surface area (Å²) in [4.78, 5) is 25.5. The highest BCUT2D eigenvalue weighted by molar-refractivity contribution is 5.90. The Kier molecular flexibility index (Phi) is 10.2. The highest BCUT2D eigenvalue weighted by Gasteiger charge is 2.27. The first-order chi connectivity index (χ1) is 15.0. The highest BCUT2D eigenvalue weighted by Crippen LogP contribution is 2.27. The molecule has 0 bridgehead atoms. The lowest BCUT2D eigenvalue weighted by molar-refractivity contribution is -0.130. The monoisotopic (exact) mass is 443 g/mol. The largest absolute Gasteiger partial charge is 0.350 e. The summed E-state index contributed by atoms with van der Waals surface area (Å²) in [6.45, 7) is 9.89. The summed E-state index contributed by atoms with van der Waals surface area (Å²) in [5.41, 5.74) is 8.07. The fraction of sp³-hybridized carbons (Fsp3) is 0.704. The Balaban J connectivity index is 2.00. The lowest BCUT2D eigenvalue weighted by atomic mass is 9.85. The molecule has 2 atom stereocenters. The van der Waals surface area contributed by atoms with Crippen LogP contribution in [0.25, 0.3) is 0 Å². The number of nitrogens with one attached hydrogen (secondary N) is 2. The van der Waals surface area contributed by atoms with Gasteiger partial charge in [-0.25, -0.2) is 0 Å². The maximum Gasteiger partial charge on any atom is 0.243 e. The maximum absolute atomic E-state index is 12.9. The van der Waals surface area contributed by atoms with Crippen LogP contribution >= 0.6 is 0 Å². The summed E-state index contributed by atoms with van der Waals surface area (Å²) in [6, 6.07) is 7.27. The number of carbonyl (C=O) groups excluding carboxylic acids is 2. The first kappa shape index (κ1) is 26.4. The third-order valence-electron chi connectivity index (χ3n) is 6.22. The Hall–Kier alpha value is -1.88. The molecule has 5 heteroatoms. The van der Waals surface area contributed by atoms with Gasteiger partial charge in [0.05, 0.1) is 6.04 Å². The number of rotatable bonds is 10. The van der Waals surface area contributed by atoms with E-state index in [1.54, 1.807) is 0 Å². The smallest absolute Gasteiger partial charge is 0.243 e. The van der Waals surface area contributed by atoms with Crippen LogP contribution in [0.15, 0.2) is 24.3 Å². The third kappa shape index (κ3) is 9.72. The van der Waals surface area contributed by atoms with E-state index in [0.717, 1.165) is 17.9 Å². The molecule has 2 amide bonds. The van der Waals surface area contributed by atoms with Crippen molar-refractivity contribution in [3.63, 3.8) is 0 Å². The van der Waals surface area contributed by atoms with Crippen molar-refractivity contribution < 1.29 is 9.59 Å². The maximum atomic E-state index is 12.9. The summed E-state index contributed by atoms with van der Waals surface area (Å²) in [5, 5.41) is 5.90. The molecule has 1 aromatic carbocycles. The topological polar surface area (TPSA) is 84.2 Å². The molecule has 32 heavy (non-hydrogen) atoms.